The number of aliphatic hydroxyl groups excluding tert-OH is 1. The molecule has 1 aromatic carbocycles. The van der Waals surface area contributed by atoms with Gasteiger partial charge in [-0.3, -0.25) is 4.79 Å². The molecular formula is C11H15ClN2O3. The molecule has 1 aromatic rings. The van der Waals surface area contributed by atoms with Gasteiger partial charge in [-0.15, -0.1) is 0 Å². The van der Waals surface area contributed by atoms with E-state index in [0.717, 1.165) is 5.56 Å². The molecule has 1 atom stereocenters. The fraction of sp³-hybridized carbons (Fsp3) is 0.364. The summed E-state index contributed by atoms with van der Waals surface area (Å²) >= 11 is 5.86. The third-order valence-corrected chi connectivity index (χ3v) is 2.46. The number of methoxy groups -OCH3 is 1. The number of ether oxygens (including phenoxy) is 1. The van der Waals surface area contributed by atoms with Gasteiger partial charge in [0.1, 0.15) is 11.9 Å². The first-order valence-electron chi connectivity index (χ1n) is 5.05. The van der Waals surface area contributed by atoms with E-state index in [2.05, 4.69) is 5.32 Å². The van der Waals surface area contributed by atoms with Crippen LogP contribution in [0.5, 0.6) is 5.75 Å². The minimum Gasteiger partial charge on any atom is -0.496 e. The number of carbonyl (C=O) groups excluding carboxylic acids is 1. The zero-order chi connectivity index (χ0) is 12.8. The highest BCUT2D eigenvalue weighted by molar-refractivity contribution is 6.30. The smallest absolute Gasteiger partial charge is 0.247 e. The van der Waals surface area contributed by atoms with Crippen molar-refractivity contribution in [1.82, 2.24) is 5.32 Å². The van der Waals surface area contributed by atoms with Crippen LogP contribution in [0.25, 0.3) is 0 Å². The summed E-state index contributed by atoms with van der Waals surface area (Å²) in [6.45, 7) is 0.513. The number of hydrogen-bond donors (Lipinski definition) is 3. The first-order valence-corrected chi connectivity index (χ1v) is 5.43. The summed E-state index contributed by atoms with van der Waals surface area (Å²) in [6, 6.07) is 5.23. The Morgan fingerprint density at radius 2 is 2.35 bits per heavy atom. The van der Waals surface area contributed by atoms with Crippen LogP contribution in [0.4, 0.5) is 0 Å². The molecule has 0 saturated heterocycles. The van der Waals surface area contributed by atoms with Gasteiger partial charge in [0.05, 0.1) is 7.11 Å². The molecule has 94 valence electrons. The largest absolute Gasteiger partial charge is 0.496 e. The molecule has 0 radical (unpaired) electrons. The molecule has 0 saturated carbocycles. The third kappa shape index (κ3) is 4.22. The lowest BCUT2D eigenvalue weighted by molar-refractivity contribution is -0.125. The summed E-state index contributed by atoms with van der Waals surface area (Å²) in [5.74, 6) is -0.0639. The molecule has 1 unspecified atom stereocenters. The van der Waals surface area contributed by atoms with E-state index >= 15 is 0 Å². The Kier molecular flexibility index (Phi) is 5.21. The minimum atomic E-state index is -1.19. The van der Waals surface area contributed by atoms with Crippen LogP contribution in [-0.4, -0.2) is 30.8 Å². The maximum absolute atomic E-state index is 10.6. The van der Waals surface area contributed by atoms with Gasteiger partial charge < -0.3 is 20.9 Å². The quantitative estimate of drug-likeness (QED) is 0.685. The Labute approximate surface area is 105 Å². The van der Waals surface area contributed by atoms with E-state index in [1.54, 1.807) is 25.3 Å². The fourth-order valence-electron chi connectivity index (χ4n) is 1.33. The number of hydrogen-bond acceptors (Lipinski definition) is 4. The number of amides is 1. The van der Waals surface area contributed by atoms with Gasteiger partial charge in [0.2, 0.25) is 5.91 Å². The first-order chi connectivity index (χ1) is 8.04. The molecule has 0 heterocycles. The van der Waals surface area contributed by atoms with Crippen LogP contribution in [-0.2, 0) is 11.3 Å². The lowest BCUT2D eigenvalue weighted by atomic mass is 10.2. The van der Waals surface area contributed by atoms with E-state index in [1.807, 2.05) is 0 Å². The van der Waals surface area contributed by atoms with Crippen molar-refractivity contribution in [2.45, 2.75) is 12.6 Å². The van der Waals surface area contributed by atoms with Crippen molar-refractivity contribution in [2.75, 3.05) is 13.7 Å². The Morgan fingerprint density at radius 3 is 2.94 bits per heavy atom. The van der Waals surface area contributed by atoms with Gasteiger partial charge in [-0.25, -0.2) is 0 Å². The number of benzene rings is 1. The van der Waals surface area contributed by atoms with Gasteiger partial charge in [-0.2, -0.15) is 0 Å². The monoisotopic (exact) mass is 258 g/mol. The van der Waals surface area contributed by atoms with E-state index in [-0.39, 0.29) is 6.54 Å². The Bertz CT molecular complexity index is 398. The van der Waals surface area contributed by atoms with Crippen LogP contribution in [0.15, 0.2) is 18.2 Å². The van der Waals surface area contributed by atoms with Gasteiger partial charge in [0.15, 0.2) is 0 Å². The Balaban J connectivity index is 2.56. The number of nitrogens with one attached hydrogen (secondary N) is 1. The average molecular weight is 259 g/mol. The van der Waals surface area contributed by atoms with Crippen molar-refractivity contribution >= 4 is 17.5 Å². The summed E-state index contributed by atoms with van der Waals surface area (Å²) in [6.07, 6.45) is -1.19. The number of rotatable bonds is 6. The number of carbonyl (C=O) groups is 1. The third-order valence-electron chi connectivity index (χ3n) is 2.22. The summed E-state index contributed by atoms with van der Waals surface area (Å²) < 4.78 is 5.15. The van der Waals surface area contributed by atoms with Crippen molar-refractivity contribution in [3.8, 4) is 5.75 Å². The SMILES string of the molecule is COc1ccc(Cl)cc1CNCC(O)C(N)=O. The van der Waals surface area contributed by atoms with Crippen LogP contribution >= 0.6 is 11.6 Å². The zero-order valence-corrected chi connectivity index (χ0v) is 10.2. The second-order valence-corrected chi connectivity index (χ2v) is 3.94. The maximum Gasteiger partial charge on any atom is 0.247 e. The summed E-state index contributed by atoms with van der Waals surface area (Å²) in [7, 11) is 1.56. The molecule has 0 bridgehead atoms. The molecule has 0 aliphatic rings. The molecule has 0 fully saturated rings. The molecule has 1 rings (SSSR count). The van der Waals surface area contributed by atoms with E-state index in [1.165, 1.54) is 0 Å². The highest BCUT2D eigenvalue weighted by Crippen LogP contribution is 2.22. The van der Waals surface area contributed by atoms with Gasteiger partial charge >= 0.3 is 0 Å². The molecule has 0 aromatic heterocycles. The fourth-order valence-corrected chi connectivity index (χ4v) is 1.52. The number of primary amides is 1. The van der Waals surface area contributed by atoms with Crippen LogP contribution in [0.3, 0.4) is 0 Å². The van der Waals surface area contributed by atoms with Gasteiger partial charge in [-0.1, -0.05) is 11.6 Å². The second kappa shape index (κ2) is 6.44. The molecule has 0 spiro atoms. The zero-order valence-electron chi connectivity index (χ0n) is 9.44. The van der Waals surface area contributed by atoms with Gasteiger partial charge in [0, 0.05) is 23.7 Å². The van der Waals surface area contributed by atoms with Crippen LogP contribution in [0.1, 0.15) is 5.56 Å². The van der Waals surface area contributed by atoms with Gasteiger partial charge in [-0.05, 0) is 18.2 Å². The summed E-state index contributed by atoms with van der Waals surface area (Å²) in [5, 5.41) is 12.7. The molecule has 5 nitrogen and oxygen atoms in total. The molecule has 0 aliphatic carbocycles. The molecule has 17 heavy (non-hydrogen) atoms. The van der Waals surface area contributed by atoms with Gasteiger partial charge in [0.25, 0.3) is 0 Å². The van der Waals surface area contributed by atoms with Crippen molar-refractivity contribution in [2.24, 2.45) is 5.73 Å². The van der Waals surface area contributed by atoms with E-state index in [0.29, 0.717) is 17.3 Å². The van der Waals surface area contributed by atoms with Crippen molar-refractivity contribution in [3.63, 3.8) is 0 Å². The molecule has 6 heteroatoms. The topological polar surface area (TPSA) is 84.6 Å². The number of nitrogens with two attached hydrogens (primary N) is 1. The minimum absolute atomic E-state index is 0.0883. The molecule has 1 amide bonds. The second-order valence-electron chi connectivity index (χ2n) is 3.51. The lowest BCUT2D eigenvalue weighted by Gasteiger charge is -2.11. The predicted molar refractivity (Wildman–Crippen MR) is 64.9 cm³/mol. The molecule has 0 aliphatic heterocycles. The summed E-state index contributed by atoms with van der Waals surface area (Å²) in [5.41, 5.74) is 5.77. The summed E-state index contributed by atoms with van der Waals surface area (Å²) in [4.78, 5) is 10.6. The highest BCUT2D eigenvalue weighted by atomic mass is 35.5. The van der Waals surface area contributed by atoms with Crippen molar-refractivity contribution < 1.29 is 14.6 Å². The first kappa shape index (κ1) is 13.8. The van der Waals surface area contributed by atoms with Crippen LogP contribution in [0, 0.1) is 0 Å². The van der Waals surface area contributed by atoms with Crippen molar-refractivity contribution in [3.05, 3.63) is 28.8 Å². The normalized spacial score (nSPS) is 12.2. The number of halogens is 1. The van der Waals surface area contributed by atoms with Crippen molar-refractivity contribution in [1.29, 1.82) is 0 Å². The van der Waals surface area contributed by atoms with Crippen LogP contribution < -0.4 is 15.8 Å². The maximum atomic E-state index is 10.6. The Hall–Kier alpha value is -1.30. The molecule has 4 N–H and O–H groups in total. The van der Waals surface area contributed by atoms with E-state index in [9.17, 15) is 9.90 Å². The predicted octanol–water partition coefficient (Wildman–Crippen LogP) is 0.284. The lowest BCUT2D eigenvalue weighted by Crippen LogP contribution is -2.37. The standard InChI is InChI=1S/C11H15ClN2O3/c1-17-10-3-2-8(12)4-7(10)5-14-6-9(15)11(13)16/h2-4,9,14-15H,5-6H2,1H3,(H2,13,16). The molecular weight excluding hydrogens is 244 g/mol. The van der Waals surface area contributed by atoms with E-state index < -0.39 is 12.0 Å². The number of aliphatic hydroxyl groups is 1. The van der Waals surface area contributed by atoms with Crippen LogP contribution in [0.2, 0.25) is 5.02 Å². The highest BCUT2D eigenvalue weighted by Gasteiger charge is 2.10. The Morgan fingerprint density at radius 1 is 1.65 bits per heavy atom. The average Bonchev–Trinajstić information content (AvgIpc) is 2.29. The van der Waals surface area contributed by atoms with E-state index in [4.69, 9.17) is 22.1 Å².